The Hall–Kier alpha value is -1.71. The van der Waals surface area contributed by atoms with Gasteiger partial charge in [-0.1, -0.05) is 29.8 Å². The maximum atomic E-state index is 6.02. The van der Waals surface area contributed by atoms with Gasteiger partial charge in [-0.05, 0) is 43.8 Å². The number of hydrogen-bond acceptors (Lipinski definition) is 3. The average molecular weight is 306 g/mol. The first-order chi connectivity index (χ1) is 10.2. The van der Waals surface area contributed by atoms with Gasteiger partial charge in [-0.15, -0.1) is 0 Å². The number of likely N-dealkylation sites (N-methyl/N-ethyl adjacent to an activating group) is 1. The first-order valence-electron chi connectivity index (χ1n) is 6.85. The molecule has 2 rings (SSSR count). The Kier molecular flexibility index (Phi) is 5.48. The van der Waals surface area contributed by atoms with Crippen LogP contribution in [0.2, 0.25) is 5.02 Å². The van der Waals surface area contributed by atoms with Gasteiger partial charge >= 0.3 is 0 Å². The third-order valence-electron chi connectivity index (χ3n) is 3.41. The molecule has 0 bridgehead atoms. The highest BCUT2D eigenvalue weighted by atomic mass is 35.5. The molecule has 0 amide bonds. The predicted octanol–water partition coefficient (Wildman–Crippen LogP) is 4.00. The zero-order valence-electron chi connectivity index (χ0n) is 12.5. The van der Waals surface area contributed by atoms with E-state index in [1.807, 2.05) is 56.4 Å². The first kappa shape index (κ1) is 15.7. The van der Waals surface area contributed by atoms with Crippen LogP contribution < -0.4 is 14.8 Å². The van der Waals surface area contributed by atoms with Crippen molar-refractivity contribution in [2.24, 2.45) is 0 Å². The third-order valence-corrected chi connectivity index (χ3v) is 3.83. The summed E-state index contributed by atoms with van der Waals surface area (Å²) in [4.78, 5) is 0. The van der Waals surface area contributed by atoms with Gasteiger partial charge in [0.15, 0.2) is 0 Å². The molecular weight excluding hydrogens is 286 g/mol. The molecule has 0 radical (unpaired) electrons. The highest BCUT2D eigenvalue weighted by Crippen LogP contribution is 2.26. The minimum absolute atomic E-state index is 0.0529. The van der Waals surface area contributed by atoms with Crippen LogP contribution in [0.3, 0.4) is 0 Å². The average Bonchev–Trinajstić information content (AvgIpc) is 2.51. The largest absolute Gasteiger partial charge is 0.496 e. The van der Waals surface area contributed by atoms with Crippen molar-refractivity contribution in [3.05, 3.63) is 58.6 Å². The highest BCUT2D eigenvalue weighted by Gasteiger charge is 2.14. The van der Waals surface area contributed by atoms with Gasteiger partial charge < -0.3 is 14.8 Å². The second-order valence-electron chi connectivity index (χ2n) is 4.81. The lowest BCUT2D eigenvalue weighted by atomic mass is 10.1. The van der Waals surface area contributed by atoms with Crippen LogP contribution in [0, 0.1) is 6.92 Å². The van der Waals surface area contributed by atoms with Crippen molar-refractivity contribution < 1.29 is 9.47 Å². The molecule has 4 heteroatoms. The van der Waals surface area contributed by atoms with Gasteiger partial charge in [0.2, 0.25) is 0 Å². The van der Waals surface area contributed by atoms with Crippen molar-refractivity contribution >= 4 is 11.6 Å². The summed E-state index contributed by atoms with van der Waals surface area (Å²) in [7, 11) is 3.59. The smallest absolute Gasteiger partial charge is 0.123 e. The maximum absolute atomic E-state index is 6.02. The summed E-state index contributed by atoms with van der Waals surface area (Å²) in [5, 5.41) is 4.01. The van der Waals surface area contributed by atoms with E-state index in [0.717, 1.165) is 27.6 Å². The van der Waals surface area contributed by atoms with Crippen molar-refractivity contribution in [3.8, 4) is 11.5 Å². The van der Waals surface area contributed by atoms with E-state index in [1.54, 1.807) is 7.11 Å². The SMILES string of the molecule is CNC(COc1ccc(Cl)c(C)c1)c1ccccc1OC. The van der Waals surface area contributed by atoms with Crippen LogP contribution in [-0.4, -0.2) is 20.8 Å². The molecule has 21 heavy (non-hydrogen) atoms. The Morgan fingerprint density at radius 1 is 1.19 bits per heavy atom. The Labute approximate surface area is 130 Å². The molecule has 0 aliphatic heterocycles. The van der Waals surface area contributed by atoms with E-state index in [-0.39, 0.29) is 6.04 Å². The van der Waals surface area contributed by atoms with Crippen molar-refractivity contribution in [1.82, 2.24) is 5.32 Å². The molecule has 0 saturated heterocycles. The van der Waals surface area contributed by atoms with Gasteiger partial charge in [0.05, 0.1) is 13.2 Å². The van der Waals surface area contributed by atoms with Crippen LogP contribution >= 0.6 is 11.6 Å². The molecule has 0 saturated carbocycles. The van der Waals surface area contributed by atoms with Crippen LogP contribution in [0.25, 0.3) is 0 Å². The van der Waals surface area contributed by atoms with E-state index >= 15 is 0 Å². The number of halogens is 1. The molecule has 1 atom stereocenters. The van der Waals surface area contributed by atoms with Gasteiger partial charge in [0.1, 0.15) is 18.1 Å². The quantitative estimate of drug-likeness (QED) is 0.875. The summed E-state index contributed by atoms with van der Waals surface area (Å²) in [6.07, 6.45) is 0. The normalized spacial score (nSPS) is 12.0. The number of rotatable bonds is 6. The van der Waals surface area contributed by atoms with E-state index in [0.29, 0.717) is 6.61 Å². The molecular formula is C17H20ClNO2. The van der Waals surface area contributed by atoms with Crippen molar-refractivity contribution in [2.45, 2.75) is 13.0 Å². The Morgan fingerprint density at radius 2 is 1.95 bits per heavy atom. The molecule has 0 heterocycles. The van der Waals surface area contributed by atoms with Crippen LogP contribution in [0.15, 0.2) is 42.5 Å². The first-order valence-corrected chi connectivity index (χ1v) is 7.22. The number of aryl methyl sites for hydroxylation is 1. The lowest BCUT2D eigenvalue weighted by Crippen LogP contribution is -2.23. The lowest BCUT2D eigenvalue weighted by Gasteiger charge is -2.20. The molecule has 1 unspecified atom stereocenters. The molecule has 3 nitrogen and oxygen atoms in total. The zero-order valence-corrected chi connectivity index (χ0v) is 13.3. The molecule has 0 aromatic heterocycles. The fraction of sp³-hybridized carbons (Fsp3) is 0.294. The Morgan fingerprint density at radius 3 is 2.62 bits per heavy atom. The van der Waals surface area contributed by atoms with E-state index < -0.39 is 0 Å². The van der Waals surface area contributed by atoms with Crippen LogP contribution in [0.1, 0.15) is 17.2 Å². The monoisotopic (exact) mass is 305 g/mol. The fourth-order valence-corrected chi connectivity index (χ4v) is 2.29. The van der Waals surface area contributed by atoms with Gasteiger partial charge in [0, 0.05) is 10.6 Å². The minimum atomic E-state index is 0.0529. The summed E-state index contributed by atoms with van der Waals surface area (Å²) in [5.41, 5.74) is 2.08. The van der Waals surface area contributed by atoms with E-state index in [4.69, 9.17) is 21.1 Å². The summed E-state index contributed by atoms with van der Waals surface area (Å²) < 4.78 is 11.3. The summed E-state index contributed by atoms with van der Waals surface area (Å²) in [6, 6.07) is 13.7. The maximum Gasteiger partial charge on any atom is 0.123 e. The van der Waals surface area contributed by atoms with Crippen molar-refractivity contribution in [3.63, 3.8) is 0 Å². The van der Waals surface area contributed by atoms with Crippen LogP contribution in [0.4, 0.5) is 0 Å². The van der Waals surface area contributed by atoms with Gasteiger partial charge in [-0.3, -0.25) is 0 Å². The minimum Gasteiger partial charge on any atom is -0.496 e. The van der Waals surface area contributed by atoms with Crippen LogP contribution in [-0.2, 0) is 0 Å². The highest BCUT2D eigenvalue weighted by molar-refractivity contribution is 6.31. The standard InChI is InChI=1S/C17H20ClNO2/c1-12-10-13(8-9-15(12)18)21-11-16(19-2)14-6-4-5-7-17(14)20-3/h4-10,16,19H,11H2,1-3H3. The second-order valence-corrected chi connectivity index (χ2v) is 5.21. The Bertz CT molecular complexity index is 601. The molecule has 2 aromatic carbocycles. The van der Waals surface area contributed by atoms with Crippen molar-refractivity contribution in [2.75, 3.05) is 20.8 Å². The van der Waals surface area contributed by atoms with Crippen molar-refractivity contribution in [1.29, 1.82) is 0 Å². The zero-order chi connectivity index (χ0) is 15.2. The molecule has 0 fully saturated rings. The number of nitrogens with one attached hydrogen (secondary N) is 1. The molecule has 0 aliphatic rings. The van der Waals surface area contributed by atoms with Gasteiger partial charge in [-0.2, -0.15) is 0 Å². The number of hydrogen-bond donors (Lipinski definition) is 1. The topological polar surface area (TPSA) is 30.5 Å². The molecule has 1 N–H and O–H groups in total. The lowest BCUT2D eigenvalue weighted by molar-refractivity contribution is 0.269. The van der Waals surface area contributed by atoms with Crippen LogP contribution in [0.5, 0.6) is 11.5 Å². The second kappa shape index (κ2) is 7.34. The number of para-hydroxylation sites is 1. The predicted molar refractivity (Wildman–Crippen MR) is 86.5 cm³/mol. The molecule has 0 spiro atoms. The molecule has 112 valence electrons. The van der Waals surface area contributed by atoms with Gasteiger partial charge in [-0.25, -0.2) is 0 Å². The Balaban J connectivity index is 2.10. The number of methoxy groups -OCH3 is 1. The summed E-state index contributed by atoms with van der Waals surface area (Å²) in [6.45, 7) is 2.48. The number of ether oxygens (including phenoxy) is 2. The third kappa shape index (κ3) is 3.90. The number of benzene rings is 2. The van der Waals surface area contributed by atoms with E-state index in [1.165, 1.54) is 0 Å². The molecule has 0 aliphatic carbocycles. The van der Waals surface area contributed by atoms with Gasteiger partial charge in [0.25, 0.3) is 0 Å². The molecule has 2 aromatic rings. The summed E-state index contributed by atoms with van der Waals surface area (Å²) >= 11 is 6.02. The van der Waals surface area contributed by atoms with E-state index in [9.17, 15) is 0 Å². The fourth-order valence-electron chi connectivity index (χ4n) is 2.17. The summed E-state index contributed by atoms with van der Waals surface area (Å²) in [5.74, 6) is 1.67. The van der Waals surface area contributed by atoms with E-state index in [2.05, 4.69) is 5.32 Å².